The highest BCUT2D eigenvalue weighted by Gasteiger charge is 1.99. The molecule has 78 valence electrons. The predicted octanol–water partition coefficient (Wildman–Crippen LogP) is 2.06. The standard InChI is InChI=1S/C10H15FN2O/c1-14-8-3-2-6-12-10-9(11)5-4-7-13-10/h4-5,7H,2-3,6,8H2,1H3,(H,12,13). The third kappa shape index (κ3) is 3.70. The number of unbranched alkanes of at least 4 members (excludes halogenated alkanes) is 1. The molecule has 0 aliphatic carbocycles. The van der Waals surface area contributed by atoms with Crippen LogP contribution in [-0.4, -0.2) is 25.2 Å². The van der Waals surface area contributed by atoms with Crippen molar-refractivity contribution in [2.75, 3.05) is 25.6 Å². The van der Waals surface area contributed by atoms with Crippen molar-refractivity contribution in [3.05, 3.63) is 24.1 Å². The molecule has 4 heteroatoms. The number of rotatable bonds is 6. The Morgan fingerprint density at radius 1 is 1.50 bits per heavy atom. The first kappa shape index (κ1) is 10.9. The molecule has 0 bridgehead atoms. The van der Waals surface area contributed by atoms with Crippen LogP contribution in [0.3, 0.4) is 0 Å². The van der Waals surface area contributed by atoms with Crippen LogP contribution in [0.4, 0.5) is 10.2 Å². The molecule has 1 aromatic heterocycles. The number of ether oxygens (including phenoxy) is 1. The Bertz CT molecular complexity index is 268. The van der Waals surface area contributed by atoms with Gasteiger partial charge in [-0.2, -0.15) is 0 Å². The molecule has 0 saturated heterocycles. The van der Waals surface area contributed by atoms with Gasteiger partial charge < -0.3 is 10.1 Å². The van der Waals surface area contributed by atoms with Crippen molar-refractivity contribution >= 4 is 5.82 Å². The molecule has 1 rings (SSSR count). The summed E-state index contributed by atoms with van der Waals surface area (Å²) in [5.74, 6) is 0.0177. The number of pyridine rings is 1. The molecule has 14 heavy (non-hydrogen) atoms. The number of aromatic nitrogens is 1. The number of halogens is 1. The molecule has 0 spiro atoms. The minimum atomic E-state index is -0.306. The van der Waals surface area contributed by atoms with Crippen LogP contribution in [-0.2, 0) is 4.74 Å². The molecular weight excluding hydrogens is 183 g/mol. The van der Waals surface area contributed by atoms with Crippen molar-refractivity contribution in [3.63, 3.8) is 0 Å². The topological polar surface area (TPSA) is 34.1 Å². The number of methoxy groups -OCH3 is 1. The van der Waals surface area contributed by atoms with Gasteiger partial charge in [0.25, 0.3) is 0 Å². The van der Waals surface area contributed by atoms with Crippen molar-refractivity contribution < 1.29 is 9.13 Å². The Morgan fingerprint density at radius 2 is 2.36 bits per heavy atom. The number of nitrogens with zero attached hydrogens (tertiary/aromatic N) is 1. The van der Waals surface area contributed by atoms with Gasteiger partial charge in [0.05, 0.1) is 0 Å². The van der Waals surface area contributed by atoms with E-state index in [9.17, 15) is 4.39 Å². The Labute approximate surface area is 83.3 Å². The van der Waals surface area contributed by atoms with Crippen LogP contribution in [0.5, 0.6) is 0 Å². The zero-order valence-corrected chi connectivity index (χ0v) is 8.29. The van der Waals surface area contributed by atoms with Crippen LogP contribution >= 0.6 is 0 Å². The summed E-state index contributed by atoms with van der Waals surface area (Å²) in [5.41, 5.74) is 0. The van der Waals surface area contributed by atoms with Crippen LogP contribution in [0.15, 0.2) is 18.3 Å². The van der Waals surface area contributed by atoms with Crippen molar-refractivity contribution in [1.82, 2.24) is 4.98 Å². The molecule has 3 nitrogen and oxygen atoms in total. The van der Waals surface area contributed by atoms with Gasteiger partial charge in [-0.15, -0.1) is 0 Å². The summed E-state index contributed by atoms with van der Waals surface area (Å²) in [6.07, 6.45) is 3.49. The van der Waals surface area contributed by atoms with Crippen LogP contribution in [0.1, 0.15) is 12.8 Å². The third-order valence-corrected chi connectivity index (χ3v) is 1.83. The summed E-state index contributed by atoms with van der Waals surface area (Å²) in [4.78, 5) is 3.88. The monoisotopic (exact) mass is 198 g/mol. The van der Waals surface area contributed by atoms with E-state index in [1.165, 1.54) is 6.07 Å². The lowest BCUT2D eigenvalue weighted by molar-refractivity contribution is 0.193. The maximum absolute atomic E-state index is 13.0. The molecule has 0 radical (unpaired) electrons. The molecule has 0 fully saturated rings. The highest BCUT2D eigenvalue weighted by molar-refractivity contribution is 5.35. The van der Waals surface area contributed by atoms with Crippen LogP contribution in [0.2, 0.25) is 0 Å². The average Bonchev–Trinajstić information content (AvgIpc) is 2.20. The second-order valence-electron chi connectivity index (χ2n) is 2.96. The summed E-state index contributed by atoms with van der Waals surface area (Å²) in [7, 11) is 1.67. The van der Waals surface area contributed by atoms with E-state index in [-0.39, 0.29) is 5.82 Å². The lowest BCUT2D eigenvalue weighted by Gasteiger charge is -2.05. The van der Waals surface area contributed by atoms with E-state index in [1.54, 1.807) is 19.4 Å². The Kier molecular flexibility index (Phi) is 4.93. The van der Waals surface area contributed by atoms with Crippen molar-refractivity contribution in [3.8, 4) is 0 Å². The molecular formula is C10H15FN2O. The smallest absolute Gasteiger partial charge is 0.165 e. The normalized spacial score (nSPS) is 10.1. The molecule has 0 amide bonds. The molecule has 1 aromatic rings. The Hall–Kier alpha value is -1.16. The van der Waals surface area contributed by atoms with Gasteiger partial charge in [-0.05, 0) is 25.0 Å². The van der Waals surface area contributed by atoms with Gasteiger partial charge in [-0.1, -0.05) is 0 Å². The first-order chi connectivity index (χ1) is 6.84. The summed E-state index contributed by atoms with van der Waals surface area (Å²) in [5, 5.41) is 2.93. The number of nitrogens with one attached hydrogen (secondary N) is 1. The fraction of sp³-hybridized carbons (Fsp3) is 0.500. The quantitative estimate of drug-likeness (QED) is 0.710. The van der Waals surface area contributed by atoms with Gasteiger partial charge in [0.2, 0.25) is 0 Å². The summed E-state index contributed by atoms with van der Waals surface area (Å²) in [6, 6.07) is 2.97. The summed E-state index contributed by atoms with van der Waals surface area (Å²) < 4.78 is 17.9. The van der Waals surface area contributed by atoms with E-state index in [1.807, 2.05) is 0 Å². The molecule has 0 aliphatic rings. The predicted molar refractivity (Wildman–Crippen MR) is 53.8 cm³/mol. The number of hydrogen-bond acceptors (Lipinski definition) is 3. The molecule has 0 aliphatic heterocycles. The van der Waals surface area contributed by atoms with Gasteiger partial charge in [-0.3, -0.25) is 0 Å². The molecule has 0 aromatic carbocycles. The Balaban J connectivity index is 2.21. The van der Waals surface area contributed by atoms with Crippen LogP contribution < -0.4 is 5.32 Å². The highest BCUT2D eigenvalue weighted by Crippen LogP contribution is 2.08. The second kappa shape index (κ2) is 6.32. The summed E-state index contributed by atoms with van der Waals surface area (Å²) >= 11 is 0. The number of hydrogen-bond donors (Lipinski definition) is 1. The van der Waals surface area contributed by atoms with Gasteiger partial charge in [0, 0.05) is 26.5 Å². The van der Waals surface area contributed by atoms with Crippen molar-refractivity contribution in [2.45, 2.75) is 12.8 Å². The minimum Gasteiger partial charge on any atom is -0.385 e. The second-order valence-corrected chi connectivity index (χ2v) is 2.96. The molecule has 0 atom stereocenters. The molecule has 1 N–H and O–H groups in total. The van der Waals surface area contributed by atoms with Crippen molar-refractivity contribution in [1.29, 1.82) is 0 Å². The fourth-order valence-electron chi connectivity index (χ4n) is 1.09. The lowest BCUT2D eigenvalue weighted by atomic mass is 10.3. The van der Waals surface area contributed by atoms with E-state index in [0.717, 1.165) is 26.0 Å². The van der Waals surface area contributed by atoms with E-state index in [4.69, 9.17) is 4.74 Å². The van der Waals surface area contributed by atoms with Crippen molar-refractivity contribution in [2.24, 2.45) is 0 Å². The van der Waals surface area contributed by atoms with E-state index < -0.39 is 0 Å². The van der Waals surface area contributed by atoms with E-state index in [0.29, 0.717) is 5.82 Å². The third-order valence-electron chi connectivity index (χ3n) is 1.83. The minimum absolute atomic E-state index is 0.306. The zero-order valence-electron chi connectivity index (χ0n) is 8.29. The molecule has 1 heterocycles. The Morgan fingerprint density at radius 3 is 3.07 bits per heavy atom. The van der Waals surface area contributed by atoms with Gasteiger partial charge >= 0.3 is 0 Å². The first-order valence-electron chi connectivity index (χ1n) is 4.68. The molecule has 0 saturated carbocycles. The van der Waals surface area contributed by atoms with Gasteiger partial charge in [-0.25, -0.2) is 9.37 Å². The van der Waals surface area contributed by atoms with Gasteiger partial charge in [0.15, 0.2) is 11.6 Å². The lowest BCUT2D eigenvalue weighted by Crippen LogP contribution is -2.05. The van der Waals surface area contributed by atoms with Crippen LogP contribution in [0, 0.1) is 5.82 Å². The largest absolute Gasteiger partial charge is 0.385 e. The van der Waals surface area contributed by atoms with E-state index >= 15 is 0 Å². The SMILES string of the molecule is COCCCCNc1ncccc1F. The average molecular weight is 198 g/mol. The fourth-order valence-corrected chi connectivity index (χ4v) is 1.09. The van der Waals surface area contributed by atoms with Crippen LogP contribution in [0.25, 0.3) is 0 Å². The maximum Gasteiger partial charge on any atom is 0.165 e. The maximum atomic E-state index is 13.0. The first-order valence-corrected chi connectivity index (χ1v) is 4.68. The van der Waals surface area contributed by atoms with Gasteiger partial charge in [0.1, 0.15) is 0 Å². The number of anilines is 1. The van der Waals surface area contributed by atoms with E-state index in [2.05, 4.69) is 10.3 Å². The zero-order chi connectivity index (χ0) is 10.2. The molecule has 0 unspecified atom stereocenters. The summed E-state index contributed by atoms with van der Waals surface area (Å²) in [6.45, 7) is 1.46. The highest BCUT2D eigenvalue weighted by atomic mass is 19.1.